The number of carboxylic acids is 2. The number of carbonyl (C=O) groups is 2. The number of rotatable bonds is 4. The number of aliphatic carboxylic acids is 2. The Labute approximate surface area is 216 Å². The highest BCUT2D eigenvalue weighted by Crippen LogP contribution is 2.38. The minimum absolute atomic E-state index is 0.0930. The van der Waals surface area contributed by atoms with Crippen LogP contribution in [0.2, 0.25) is 0 Å². The highest BCUT2D eigenvalue weighted by molar-refractivity contribution is 7.15. The summed E-state index contributed by atoms with van der Waals surface area (Å²) < 4.78 is 75.7. The molecule has 38 heavy (non-hydrogen) atoms. The molecule has 2 fully saturated rings. The zero-order chi connectivity index (χ0) is 28.7. The molecule has 0 bridgehead atoms. The van der Waals surface area contributed by atoms with Gasteiger partial charge < -0.3 is 24.6 Å². The van der Waals surface area contributed by atoms with E-state index in [1.807, 2.05) is 32.0 Å². The van der Waals surface area contributed by atoms with Crippen molar-refractivity contribution in [1.82, 2.24) is 15.2 Å². The molecule has 17 heteroatoms. The van der Waals surface area contributed by atoms with Crippen LogP contribution in [-0.2, 0) is 25.7 Å². The van der Waals surface area contributed by atoms with Gasteiger partial charge >= 0.3 is 24.3 Å². The number of hydrogen-bond acceptors (Lipinski definition) is 9. The predicted octanol–water partition coefficient (Wildman–Crippen LogP) is 3.77. The van der Waals surface area contributed by atoms with E-state index in [-0.39, 0.29) is 11.7 Å². The Morgan fingerprint density at radius 3 is 2.24 bits per heavy atom. The Morgan fingerprint density at radius 1 is 1.13 bits per heavy atom. The fourth-order valence-electron chi connectivity index (χ4n) is 3.50. The molecule has 212 valence electrons. The van der Waals surface area contributed by atoms with Crippen molar-refractivity contribution < 1.29 is 55.6 Å². The maximum Gasteiger partial charge on any atom is 0.490 e. The molecule has 2 atom stereocenters. The molecule has 2 aliphatic rings. The minimum Gasteiger partial charge on any atom is -0.475 e. The first-order valence-electron chi connectivity index (χ1n) is 10.8. The SMILES string of the molecule is Cc1cccc(CO[C@H]2CO[C@@]3(CCN(c4nnc(C)s4)C3)C2)n1.O=C(O)C(F)(F)F.O=C(O)C(F)(F)F. The third-order valence-corrected chi connectivity index (χ3v) is 6.07. The summed E-state index contributed by atoms with van der Waals surface area (Å²) in [7, 11) is 0. The number of ether oxygens (including phenoxy) is 2. The van der Waals surface area contributed by atoms with E-state index in [1.54, 1.807) is 11.3 Å². The van der Waals surface area contributed by atoms with Gasteiger partial charge in [-0.25, -0.2) is 9.59 Å². The van der Waals surface area contributed by atoms with E-state index in [0.29, 0.717) is 13.2 Å². The molecule has 0 amide bonds. The molecule has 1 spiro atoms. The standard InChI is InChI=1S/C17H22N4O2S.2C2HF3O2/c1-12-4-3-5-14(18-12)9-22-15-8-17(23-10-15)6-7-21(11-17)16-20-19-13(2)24-16;2*3-2(4,5)1(6)7/h3-5,15H,6-11H2,1-2H3;2*(H,6,7)/t15-,17+;;/m1../s1. The van der Waals surface area contributed by atoms with Crippen LogP contribution >= 0.6 is 11.3 Å². The zero-order valence-electron chi connectivity index (χ0n) is 20.0. The largest absolute Gasteiger partial charge is 0.490 e. The van der Waals surface area contributed by atoms with Crippen molar-refractivity contribution in [2.75, 3.05) is 24.6 Å². The van der Waals surface area contributed by atoms with E-state index < -0.39 is 24.3 Å². The Hall–Kier alpha value is -3.05. The summed E-state index contributed by atoms with van der Waals surface area (Å²) in [6, 6.07) is 6.03. The Bertz CT molecular complexity index is 1070. The Morgan fingerprint density at radius 2 is 1.74 bits per heavy atom. The maximum atomic E-state index is 10.6. The van der Waals surface area contributed by atoms with Crippen LogP contribution in [0.25, 0.3) is 0 Å². The summed E-state index contributed by atoms with van der Waals surface area (Å²) in [6.07, 6.45) is -8.07. The van der Waals surface area contributed by atoms with Crippen LogP contribution in [0.4, 0.5) is 31.5 Å². The molecule has 0 aromatic carbocycles. The van der Waals surface area contributed by atoms with Gasteiger partial charge in [0.05, 0.1) is 30.6 Å². The van der Waals surface area contributed by atoms with Gasteiger partial charge in [-0.1, -0.05) is 17.4 Å². The smallest absolute Gasteiger partial charge is 0.475 e. The summed E-state index contributed by atoms with van der Waals surface area (Å²) in [5.74, 6) is -5.51. The van der Waals surface area contributed by atoms with Crippen LogP contribution in [0, 0.1) is 13.8 Å². The number of nitrogens with zero attached hydrogens (tertiary/aromatic N) is 4. The van der Waals surface area contributed by atoms with Crippen LogP contribution in [0.1, 0.15) is 29.2 Å². The number of alkyl halides is 6. The third-order valence-electron chi connectivity index (χ3n) is 5.18. The average Bonchev–Trinajstić information content (AvgIpc) is 3.53. The monoisotopic (exact) mass is 574 g/mol. The second-order valence-electron chi connectivity index (χ2n) is 8.28. The van der Waals surface area contributed by atoms with Crippen molar-refractivity contribution in [3.8, 4) is 0 Å². The molecule has 2 aliphatic heterocycles. The zero-order valence-corrected chi connectivity index (χ0v) is 20.9. The topological polar surface area (TPSA) is 135 Å². The van der Waals surface area contributed by atoms with Crippen LogP contribution in [0.5, 0.6) is 0 Å². The first-order valence-corrected chi connectivity index (χ1v) is 11.7. The van der Waals surface area contributed by atoms with Crippen molar-refractivity contribution in [2.24, 2.45) is 0 Å². The van der Waals surface area contributed by atoms with Crippen LogP contribution in [0.3, 0.4) is 0 Å². The number of halogens is 6. The summed E-state index contributed by atoms with van der Waals surface area (Å²) >= 11 is 1.65. The number of hydrogen-bond donors (Lipinski definition) is 2. The highest BCUT2D eigenvalue weighted by Gasteiger charge is 2.46. The molecule has 2 N–H and O–H groups in total. The predicted molar refractivity (Wildman–Crippen MR) is 120 cm³/mol. The van der Waals surface area contributed by atoms with Crippen molar-refractivity contribution in [1.29, 1.82) is 0 Å². The van der Waals surface area contributed by atoms with Crippen LogP contribution in [0.15, 0.2) is 18.2 Å². The number of anilines is 1. The van der Waals surface area contributed by atoms with Crippen LogP contribution < -0.4 is 4.90 Å². The normalized spacial score (nSPS) is 20.9. The van der Waals surface area contributed by atoms with Gasteiger partial charge in [0.2, 0.25) is 5.13 Å². The van der Waals surface area contributed by atoms with E-state index in [2.05, 4.69) is 20.1 Å². The fourth-order valence-corrected chi connectivity index (χ4v) is 4.21. The Balaban J connectivity index is 0.000000301. The molecule has 2 aromatic heterocycles. The summed E-state index contributed by atoms with van der Waals surface area (Å²) in [5, 5.41) is 24.6. The molecule has 10 nitrogen and oxygen atoms in total. The third kappa shape index (κ3) is 9.68. The molecule has 0 saturated carbocycles. The number of pyridine rings is 1. The lowest BCUT2D eigenvalue weighted by atomic mass is 9.98. The van der Waals surface area contributed by atoms with E-state index in [4.69, 9.17) is 29.3 Å². The van der Waals surface area contributed by atoms with Crippen molar-refractivity contribution >= 4 is 28.4 Å². The first-order chi connectivity index (χ1) is 17.5. The van der Waals surface area contributed by atoms with Crippen molar-refractivity contribution in [2.45, 2.75) is 57.4 Å². The summed E-state index contributed by atoms with van der Waals surface area (Å²) in [4.78, 5) is 24.6. The quantitative estimate of drug-likeness (QED) is 0.520. The molecule has 4 heterocycles. The molecule has 4 rings (SSSR count). The molecule has 0 radical (unpaired) electrons. The Kier molecular flexibility index (Phi) is 10.4. The van der Waals surface area contributed by atoms with E-state index in [0.717, 1.165) is 47.5 Å². The van der Waals surface area contributed by atoms with Gasteiger partial charge in [-0.15, -0.1) is 10.2 Å². The molecule has 2 aromatic rings. The van der Waals surface area contributed by atoms with Gasteiger partial charge in [0.15, 0.2) is 0 Å². The number of aromatic nitrogens is 3. The lowest BCUT2D eigenvalue weighted by molar-refractivity contribution is -0.193. The van der Waals surface area contributed by atoms with E-state index in [9.17, 15) is 26.3 Å². The molecule has 0 unspecified atom stereocenters. The van der Waals surface area contributed by atoms with Gasteiger partial charge in [-0.3, -0.25) is 4.98 Å². The molecular formula is C21H24F6N4O6S. The lowest BCUT2D eigenvalue weighted by Gasteiger charge is -2.22. The van der Waals surface area contributed by atoms with Crippen molar-refractivity contribution in [3.05, 3.63) is 34.6 Å². The first kappa shape index (κ1) is 31.2. The highest BCUT2D eigenvalue weighted by atomic mass is 32.1. The van der Waals surface area contributed by atoms with Gasteiger partial charge in [0.25, 0.3) is 0 Å². The molecular weight excluding hydrogens is 550 g/mol. The van der Waals surface area contributed by atoms with E-state index >= 15 is 0 Å². The van der Waals surface area contributed by atoms with Gasteiger partial charge in [0, 0.05) is 25.2 Å². The second kappa shape index (κ2) is 12.7. The van der Waals surface area contributed by atoms with Gasteiger partial charge in [-0.05, 0) is 32.4 Å². The van der Waals surface area contributed by atoms with Gasteiger partial charge in [-0.2, -0.15) is 26.3 Å². The van der Waals surface area contributed by atoms with Gasteiger partial charge in [0.1, 0.15) is 5.01 Å². The average molecular weight is 575 g/mol. The maximum absolute atomic E-state index is 10.6. The summed E-state index contributed by atoms with van der Waals surface area (Å²) in [6.45, 7) is 7.05. The number of aryl methyl sites for hydroxylation is 2. The molecule has 2 saturated heterocycles. The second-order valence-corrected chi connectivity index (χ2v) is 9.44. The number of carboxylic acid groups (broad SMARTS) is 2. The van der Waals surface area contributed by atoms with Crippen molar-refractivity contribution in [3.63, 3.8) is 0 Å². The minimum atomic E-state index is -5.08. The van der Waals surface area contributed by atoms with Crippen LogP contribution in [-0.4, -0.2) is 81.1 Å². The lowest BCUT2D eigenvalue weighted by Crippen LogP contribution is -2.33. The fraction of sp³-hybridized carbons (Fsp3) is 0.571. The molecule has 0 aliphatic carbocycles. The summed E-state index contributed by atoms with van der Waals surface area (Å²) in [5.41, 5.74) is 1.91. The van der Waals surface area contributed by atoms with E-state index in [1.165, 1.54) is 0 Å².